The first-order valence-corrected chi connectivity index (χ1v) is 10.9. The summed E-state index contributed by atoms with van der Waals surface area (Å²) in [5.74, 6) is 0.807. The highest BCUT2D eigenvalue weighted by molar-refractivity contribution is 6.35. The molecule has 0 amide bonds. The van der Waals surface area contributed by atoms with Crippen LogP contribution < -0.4 is 0 Å². The molecule has 5 rings (SSSR count). The number of aromatic nitrogens is 4. The summed E-state index contributed by atoms with van der Waals surface area (Å²) >= 11 is 18.7. The van der Waals surface area contributed by atoms with E-state index in [-0.39, 0.29) is 6.10 Å². The molecule has 1 atom stereocenters. The Balaban J connectivity index is 1.67. The van der Waals surface area contributed by atoms with E-state index in [2.05, 4.69) is 10.2 Å². The molecule has 6 nitrogen and oxygen atoms in total. The Bertz CT molecular complexity index is 1240. The molecule has 0 spiro atoms. The third-order valence-corrected chi connectivity index (χ3v) is 6.02. The Morgan fingerprint density at radius 1 is 1.00 bits per heavy atom. The van der Waals surface area contributed by atoms with Gasteiger partial charge in [-0.1, -0.05) is 46.9 Å². The summed E-state index contributed by atoms with van der Waals surface area (Å²) in [7, 11) is 0. The molecule has 4 aromatic rings. The van der Waals surface area contributed by atoms with E-state index in [9.17, 15) is 0 Å². The number of rotatable bonds is 4. The Morgan fingerprint density at radius 3 is 2.48 bits per heavy atom. The number of hydrogen-bond acceptors (Lipinski definition) is 5. The summed E-state index contributed by atoms with van der Waals surface area (Å²) in [4.78, 5) is 0. The van der Waals surface area contributed by atoms with Gasteiger partial charge in [0, 0.05) is 27.8 Å². The SMILES string of the molecule is Cc1c(-c2nnc(C3CCCO3)o2)nn(-c2ccc(Cl)cc2Cl)c1-c1ccc(Cl)cc1. The molecule has 1 aliphatic heterocycles. The first kappa shape index (κ1) is 20.5. The molecule has 0 bridgehead atoms. The summed E-state index contributed by atoms with van der Waals surface area (Å²) in [6.45, 7) is 2.66. The van der Waals surface area contributed by atoms with Crippen molar-refractivity contribution < 1.29 is 9.15 Å². The minimum absolute atomic E-state index is 0.162. The zero-order valence-corrected chi connectivity index (χ0v) is 18.7. The molecule has 1 saturated heterocycles. The fraction of sp³-hybridized carbons (Fsp3) is 0.227. The van der Waals surface area contributed by atoms with Crippen molar-refractivity contribution in [2.24, 2.45) is 0 Å². The standard InChI is InChI=1S/C22H17Cl3N4O2/c1-12-19(22-27-26-21(31-22)18-3-2-10-30-18)28-29(17-9-8-15(24)11-16(17)25)20(12)13-4-6-14(23)7-5-13/h4-9,11,18H,2-3,10H2,1H3. The molecule has 2 aromatic heterocycles. The van der Waals surface area contributed by atoms with E-state index in [1.165, 1.54) is 0 Å². The number of nitrogens with zero attached hydrogens (tertiary/aromatic N) is 4. The van der Waals surface area contributed by atoms with E-state index in [1.54, 1.807) is 16.8 Å². The number of benzene rings is 2. The minimum Gasteiger partial charge on any atom is -0.416 e. The van der Waals surface area contributed by atoms with Gasteiger partial charge in [0.1, 0.15) is 6.10 Å². The van der Waals surface area contributed by atoms with Crippen LogP contribution >= 0.6 is 34.8 Å². The van der Waals surface area contributed by atoms with Gasteiger partial charge in [-0.3, -0.25) is 0 Å². The van der Waals surface area contributed by atoms with E-state index in [0.717, 1.165) is 29.7 Å². The van der Waals surface area contributed by atoms with Crippen LogP contribution in [0.3, 0.4) is 0 Å². The fourth-order valence-corrected chi connectivity index (χ4v) is 4.32. The Morgan fingerprint density at radius 2 is 1.77 bits per heavy atom. The van der Waals surface area contributed by atoms with Crippen molar-refractivity contribution in [2.45, 2.75) is 25.9 Å². The highest BCUT2D eigenvalue weighted by Gasteiger charge is 2.27. The third kappa shape index (κ3) is 3.85. The van der Waals surface area contributed by atoms with Crippen molar-refractivity contribution >= 4 is 34.8 Å². The largest absolute Gasteiger partial charge is 0.416 e. The second-order valence-electron chi connectivity index (χ2n) is 7.28. The Hall–Kier alpha value is -2.38. The maximum absolute atomic E-state index is 6.51. The molecule has 158 valence electrons. The van der Waals surface area contributed by atoms with Crippen LogP contribution in [0.1, 0.15) is 30.4 Å². The fourth-order valence-electron chi connectivity index (χ4n) is 3.71. The van der Waals surface area contributed by atoms with E-state index in [1.807, 2.05) is 37.3 Å². The zero-order chi connectivity index (χ0) is 21.5. The maximum atomic E-state index is 6.51. The van der Waals surface area contributed by atoms with Crippen molar-refractivity contribution in [1.82, 2.24) is 20.0 Å². The average molecular weight is 476 g/mol. The van der Waals surface area contributed by atoms with Gasteiger partial charge in [-0.25, -0.2) is 4.68 Å². The summed E-state index contributed by atoms with van der Waals surface area (Å²) in [5.41, 5.74) is 3.89. The lowest BCUT2D eigenvalue weighted by molar-refractivity contribution is 0.0896. The van der Waals surface area contributed by atoms with Gasteiger partial charge in [-0.05, 0) is 50.1 Å². The third-order valence-electron chi connectivity index (χ3n) is 5.23. The molecule has 1 fully saturated rings. The van der Waals surface area contributed by atoms with Crippen LogP contribution in [0, 0.1) is 6.92 Å². The Kier molecular flexibility index (Phi) is 5.48. The van der Waals surface area contributed by atoms with Gasteiger partial charge in [0.15, 0.2) is 5.69 Å². The molecular formula is C22H17Cl3N4O2. The summed E-state index contributed by atoms with van der Waals surface area (Å²) in [5, 5.41) is 14.9. The van der Waals surface area contributed by atoms with Gasteiger partial charge in [-0.2, -0.15) is 5.10 Å². The molecule has 0 saturated carbocycles. The molecule has 0 aliphatic carbocycles. The highest BCUT2D eigenvalue weighted by Crippen LogP contribution is 2.37. The first-order chi connectivity index (χ1) is 15.0. The normalized spacial score (nSPS) is 16.2. The Labute approximate surface area is 193 Å². The lowest BCUT2D eigenvalue weighted by Crippen LogP contribution is -2.00. The highest BCUT2D eigenvalue weighted by atomic mass is 35.5. The molecule has 31 heavy (non-hydrogen) atoms. The second kappa shape index (κ2) is 8.28. The van der Waals surface area contributed by atoms with Gasteiger partial charge >= 0.3 is 0 Å². The summed E-state index contributed by atoms with van der Waals surface area (Å²) in [6.07, 6.45) is 1.68. The quantitative estimate of drug-likeness (QED) is 0.328. The number of ether oxygens (including phenoxy) is 1. The van der Waals surface area contributed by atoms with Gasteiger partial charge in [0.05, 0.1) is 16.4 Å². The van der Waals surface area contributed by atoms with Gasteiger partial charge in [0.2, 0.25) is 5.89 Å². The van der Waals surface area contributed by atoms with E-state index >= 15 is 0 Å². The van der Waals surface area contributed by atoms with E-state index in [0.29, 0.717) is 44.8 Å². The van der Waals surface area contributed by atoms with Crippen LogP contribution in [0.5, 0.6) is 0 Å². The molecule has 2 aromatic carbocycles. The van der Waals surface area contributed by atoms with Crippen LogP contribution in [-0.4, -0.2) is 26.6 Å². The predicted molar refractivity (Wildman–Crippen MR) is 120 cm³/mol. The van der Waals surface area contributed by atoms with Crippen LogP contribution in [0.15, 0.2) is 46.9 Å². The van der Waals surface area contributed by atoms with Gasteiger partial charge in [0.25, 0.3) is 5.89 Å². The van der Waals surface area contributed by atoms with Crippen LogP contribution in [-0.2, 0) is 4.74 Å². The predicted octanol–water partition coefficient (Wildman–Crippen LogP) is 6.71. The number of hydrogen-bond donors (Lipinski definition) is 0. The van der Waals surface area contributed by atoms with Crippen molar-refractivity contribution in [3.63, 3.8) is 0 Å². The summed E-state index contributed by atoms with van der Waals surface area (Å²) < 4.78 is 13.4. The topological polar surface area (TPSA) is 66.0 Å². The first-order valence-electron chi connectivity index (χ1n) is 9.77. The van der Waals surface area contributed by atoms with Crippen LogP contribution in [0.4, 0.5) is 0 Å². The molecule has 1 aliphatic rings. The van der Waals surface area contributed by atoms with Crippen molar-refractivity contribution in [3.8, 4) is 28.5 Å². The van der Waals surface area contributed by atoms with Crippen molar-refractivity contribution in [3.05, 3.63) is 69.0 Å². The second-order valence-corrected chi connectivity index (χ2v) is 8.56. The smallest absolute Gasteiger partial charge is 0.268 e. The van der Waals surface area contributed by atoms with Crippen molar-refractivity contribution in [1.29, 1.82) is 0 Å². The lowest BCUT2D eigenvalue weighted by Gasteiger charge is -2.11. The van der Waals surface area contributed by atoms with Gasteiger partial charge < -0.3 is 9.15 Å². The number of halogens is 3. The van der Waals surface area contributed by atoms with E-state index < -0.39 is 0 Å². The molecule has 0 radical (unpaired) electrons. The molecular weight excluding hydrogens is 459 g/mol. The molecule has 9 heteroatoms. The van der Waals surface area contributed by atoms with Crippen molar-refractivity contribution in [2.75, 3.05) is 6.61 Å². The van der Waals surface area contributed by atoms with Crippen LogP contribution in [0.25, 0.3) is 28.5 Å². The average Bonchev–Trinajstić information content (AvgIpc) is 3.48. The summed E-state index contributed by atoms with van der Waals surface area (Å²) in [6, 6.07) is 12.8. The zero-order valence-electron chi connectivity index (χ0n) is 16.5. The molecule has 0 N–H and O–H groups in total. The lowest BCUT2D eigenvalue weighted by atomic mass is 10.1. The van der Waals surface area contributed by atoms with E-state index in [4.69, 9.17) is 49.1 Å². The molecule has 3 heterocycles. The van der Waals surface area contributed by atoms with Gasteiger partial charge in [-0.15, -0.1) is 10.2 Å². The monoisotopic (exact) mass is 474 g/mol. The minimum atomic E-state index is -0.162. The maximum Gasteiger partial charge on any atom is 0.268 e. The molecule has 1 unspecified atom stereocenters. The van der Waals surface area contributed by atoms with Crippen LogP contribution in [0.2, 0.25) is 15.1 Å².